The monoisotopic (exact) mass is 316 g/mol. The maximum Gasteiger partial charge on any atom is 0.291 e. The Kier molecular flexibility index (Phi) is 3.43. The highest BCUT2D eigenvalue weighted by atomic mass is 16.5. The van der Waals surface area contributed by atoms with Crippen LogP contribution in [0.15, 0.2) is 12.4 Å². The molecule has 3 aliphatic rings. The van der Waals surface area contributed by atoms with Crippen LogP contribution in [0.5, 0.6) is 5.75 Å². The quantitative estimate of drug-likeness (QED) is 0.805. The molecule has 2 aliphatic heterocycles. The van der Waals surface area contributed by atoms with Crippen molar-refractivity contribution in [1.82, 2.24) is 19.8 Å². The first-order chi connectivity index (χ1) is 11.2. The lowest BCUT2D eigenvalue weighted by atomic mass is 10.0. The van der Waals surface area contributed by atoms with E-state index < -0.39 is 0 Å². The van der Waals surface area contributed by atoms with Gasteiger partial charge in [-0.3, -0.25) is 9.59 Å². The minimum absolute atomic E-state index is 0.0454. The largest absolute Gasteiger partial charge is 0.494 e. The van der Waals surface area contributed by atoms with Crippen LogP contribution in [0.25, 0.3) is 0 Å². The first-order valence-corrected chi connectivity index (χ1v) is 8.10. The molecule has 2 atom stereocenters. The molecule has 1 aromatic heterocycles. The number of carbonyl (C=O) groups excluding carboxylic acids is 2. The van der Waals surface area contributed by atoms with E-state index >= 15 is 0 Å². The van der Waals surface area contributed by atoms with E-state index in [4.69, 9.17) is 4.74 Å². The van der Waals surface area contributed by atoms with Crippen LogP contribution in [0.3, 0.4) is 0 Å². The molecule has 0 N–H and O–H groups in total. The molecule has 0 aromatic carbocycles. The molecule has 2 saturated heterocycles. The van der Waals surface area contributed by atoms with Crippen LogP contribution in [-0.4, -0.2) is 64.9 Å². The average Bonchev–Trinajstić information content (AvgIpc) is 3.22. The molecule has 0 spiro atoms. The zero-order chi connectivity index (χ0) is 16.0. The number of hydrogen-bond donors (Lipinski definition) is 0. The van der Waals surface area contributed by atoms with Gasteiger partial charge < -0.3 is 14.5 Å². The molecule has 1 aliphatic carbocycles. The minimum atomic E-state index is -0.205. The molecule has 1 saturated carbocycles. The molecular weight excluding hydrogens is 296 g/mol. The number of rotatable bonds is 4. The summed E-state index contributed by atoms with van der Waals surface area (Å²) in [6, 6.07) is 0. The maximum atomic E-state index is 12.5. The molecule has 0 unspecified atom stereocenters. The van der Waals surface area contributed by atoms with Crippen LogP contribution in [0.4, 0.5) is 0 Å². The van der Waals surface area contributed by atoms with E-state index in [0.717, 1.165) is 13.1 Å². The number of nitrogens with zero attached hydrogens (tertiary/aromatic N) is 4. The second-order valence-corrected chi connectivity index (χ2v) is 6.71. The fourth-order valence-corrected chi connectivity index (χ4v) is 3.56. The van der Waals surface area contributed by atoms with Crippen molar-refractivity contribution in [3.05, 3.63) is 18.2 Å². The molecule has 7 nitrogen and oxygen atoms in total. The fourth-order valence-electron chi connectivity index (χ4n) is 3.56. The van der Waals surface area contributed by atoms with E-state index in [1.165, 1.54) is 32.3 Å². The summed E-state index contributed by atoms with van der Waals surface area (Å²) in [7, 11) is 1.53. The van der Waals surface area contributed by atoms with E-state index in [9.17, 15) is 9.59 Å². The Morgan fingerprint density at radius 1 is 1.26 bits per heavy atom. The lowest BCUT2D eigenvalue weighted by Crippen LogP contribution is -2.37. The summed E-state index contributed by atoms with van der Waals surface area (Å²) in [6.45, 7) is 2.79. The van der Waals surface area contributed by atoms with Crippen molar-refractivity contribution in [3.63, 3.8) is 0 Å². The van der Waals surface area contributed by atoms with Gasteiger partial charge in [0.15, 0.2) is 5.75 Å². The van der Waals surface area contributed by atoms with Gasteiger partial charge in [-0.2, -0.15) is 0 Å². The van der Waals surface area contributed by atoms with E-state index in [1.54, 1.807) is 4.90 Å². The van der Waals surface area contributed by atoms with E-state index in [1.807, 2.05) is 4.90 Å². The van der Waals surface area contributed by atoms with Gasteiger partial charge in [-0.1, -0.05) is 0 Å². The number of likely N-dealkylation sites (tertiary alicyclic amines) is 2. The van der Waals surface area contributed by atoms with Crippen molar-refractivity contribution in [2.75, 3.05) is 33.3 Å². The second-order valence-electron chi connectivity index (χ2n) is 6.71. The van der Waals surface area contributed by atoms with Gasteiger partial charge in [0.25, 0.3) is 5.91 Å². The first kappa shape index (κ1) is 14.4. The van der Waals surface area contributed by atoms with Crippen LogP contribution in [0.2, 0.25) is 0 Å². The average molecular weight is 316 g/mol. The van der Waals surface area contributed by atoms with E-state index in [0.29, 0.717) is 24.8 Å². The number of aromatic nitrogens is 2. The van der Waals surface area contributed by atoms with Gasteiger partial charge in [0.05, 0.1) is 25.4 Å². The Labute approximate surface area is 134 Å². The van der Waals surface area contributed by atoms with Gasteiger partial charge >= 0.3 is 0 Å². The lowest BCUT2D eigenvalue weighted by molar-refractivity contribution is -0.131. The van der Waals surface area contributed by atoms with Crippen molar-refractivity contribution in [2.24, 2.45) is 17.8 Å². The molecule has 0 bridgehead atoms. The first-order valence-electron chi connectivity index (χ1n) is 8.10. The van der Waals surface area contributed by atoms with Crippen molar-refractivity contribution in [3.8, 4) is 5.75 Å². The fraction of sp³-hybridized carbons (Fsp3) is 0.625. The summed E-state index contributed by atoms with van der Waals surface area (Å²) in [6.07, 6.45) is 5.47. The number of carbonyl (C=O) groups is 2. The third kappa shape index (κ3) is 2.64. The van der Waals surface area contributed by atoms with Gasteiger partial charge in [-0.05, 0) is 18.8 Å². The second kappa shape index (κ2) is 5.47. The molecule has 122 valence electrons. The summed E-state index contributed by atoms with van der Waals surface area (Å²) in [5.41, 5.74) is 0. The summed E-state index contributed by atoms with van der Waals surface area (Å²) in [4.78, 5) is 36.8. The van der Waals surface area contributed by atoms with Gasteiger partial charge in [0, 0.05) is 32.1 Å². The summed E-state index contributed by atoms with van der Waals surface area (Å²) in [5.74, 6) is 1.61. The number of fused-ring (bicyclic) bond motifs is 1. The molecular formula is C16H20N4O3. The van der Waals surface area contributed by atoms with Crippen LogP contribution in [0, 0.1) is 17.8 Å². The third-order valence-corrected chi connectivity index (χ3v) is 5.04. The van der Waals surface area contributed by atoms with Gasteiger partial charge in [0.2, 0.25) is 11.7 Å². The van der Waals surface area contributed by atoms with Gasteiger partial charge in [0.1, 0.15) is 0 Å². The van der Waals surface area contributed by atoms with E-state index in [2.05, 4.69) is 9.97 Å². The van der Waals surface area contributed by atoms with Gasteiger partial charge in [-0.25, -0.2) is 9.97 Å². The predicted octanol–water partition coefficient (Wildman–Crippen LogP) is 0.426. The standard InChI is InChI=1S/C16H20N4O3/c1-23-12-4-17-14(18-5-12)16(22)20-8-11-7-19(6-10-2-3-10)15(21)13(11)9-20/h4-5,10-11,13H,2-3,6-9H2,1H3/t11-,13+/m1/s1. The minimum Gasteiger partial charge on any atom is -0.494 e. The zero-order valence-electron chi connectivity index (χ0n) is 13.1. The van der Waals surface area contributed by atoms with Gasteiger partial charge in [-0.15, -0.1) is 0 Å². The molecule has 3 fully saturated rings. The summed E-state index contributed by atoms with van der Waals surface area (Å²) < 4.78 is 5.00. The number of hydrogen-bond acceptors (Lipinski definition) is 5. The van der Waals surface area contributed by atoms with Crippen molar-refractivity contribution < 1.29 is 14.3 Å². The Morgan fingerprint density at radius 3 is 2.61 bits per heavy atom. The maximum absolute atomic E-state index is 12.5. The lowest BCUT2D eigenvalue weighted by Gasteiger charge is -2.21. The molecule has 7 heteroatoms. The highest BCUT2D eigenvalue weighted by Gasteiger charge is 2.48. The Hall–Kier alpha value is -2.18. The van der Waals surface area contributed by atoms with Crippen LogP contribution < -0.4 is 4.74 Å². The molecule has 23 heavy (non-hydrogen) atoms. The molecule has 2 amide bonds. The van der Waals surface area contributed by atoms with Crippen molar-refractivity contribution in [2.45, 2.75) is 12.8 Å². The normalized spacial score (nSPS) is 26.6. The Balaban J connectivity index is 1.40. The topological polar surface area (TPSA) is 75.6 Å². The summed E-state index contributed by atoms with van der Waals surface area (Å²) in [5, 5.41) is 0. The highest BCUT2D eigenvalue weighted by molar-refractivity contribution is 5.92. The van der Waals surface area contributed by atoms with Crippen LogP contribution >= 0.6 is 0 Å². The highest BCUT2D eigenvalue weighted by Crippen LogP contribution is 2.36. The zero-order valence-corrected chi connectivity index (χ0v) is 13.1. The number of ether oxygens (including phenoxy) is 1. The number of methoxy groups -OCH3 is 1. The SMILES string of the molecule is COc1cnc(C(=O)N2C[C@H]3CN(CC4CC4)C(=O)[C@H]3C2)nc1. The molecule has 4 rings (SSSR count). The summed E-state index contributed by atoms with van der Waals surface area (Å²) >= 11 is 0. The molecule has 1 aromatic rings. The molecule has 0 radical (unpaired) electrons. The van der Waals surface area contributed by atoms with Crippen LogP contribution in [-0.2, 0) is 4.79 Å². The van der Waals surface area contributed by atoms with Crippen molar-refractivity contribution in [1.29, 1.82) is 0 Å². The smallest absolute Gasteiger partial charge is 0.291 e. The Morgan fingerprint density at radius 2 is 2.00 bits per heavy atom. The van der Waals surface area contributed by atoms with Crippen LogP contribution in [0.1, 0.15) is 23.5 Å². The Bertz CT molecular complexity index is 629. The predicted molar refractivity (Wildman–Crippen MR) is 80.8 cm³/mol. The van der Waals surface area contributed by atoms with E-state index in [-0.39, 0.29) is 29.5 Å². The third-order valence-electron chi connectivity index (χ3n) is 5.04. The van der Waals surface area contributed by atoms with Crippen molar-refractivity contribution >= 4 is 11.8 Å². The molecule has 3 heterocycles. The number of amides is 2.